The molecule has 0 saturated carbocycles. The van der Waals surface area contributed by atoms with Gasteiger partial charge in [0.25, 0.3) is 6.43 Å². The molecule has 0 atom stereocenters. The summed E-state index contributed by atoms with van der Waals surface area (Å²) in [7, 11) is 1.35. The maximum absolute atomic E-state index is 12.5. The van der Waals surface area contributed by atoms with Crippen LogP contribution in [0.3, 0.4) is 0 Å². The molecule has 0 spiro atoms. The van der Waals surface area contributed by atoms with Gasteiger partial charge in [0.05, 0.1) is 27.8 Å². The quantitative estimate of drug-likeness (QED) is 0.625. The Morgan fingerprint density at radius 2 is 2.29 bits per heavy atom. The Kier molecular flexibility index (Phi) is 4.31. The van der Waals surface area contributed by atoms with Gasteiger partial charge in [-0.25, -0.2) is 8.78 Å². The second-order valence-electron chi connectivity index (χ2n) is 2.44. The molecule has 1 heterocycles. The van der Waals surface area contributed by atoms with Crippen LogP contribution in [0, 0.1) is 3.57 Å². The number of hydrogen-bond acceptors (Lipinski definition) is 2. The van der Waals surface area contributed by atoms with Gasteiger partial charge in [-0.2, -0.15) is 0 Å². The second kappa shape index (κ2) is 5.06. The highest BCUT2D eigenvalue weighted by molar-refractivity contribution is 14.1. The van der Waals surface area contributed by atoms with E-state index in [1.807, 2.05) is 22.6 Å². The summed E-state index contributed by atoms with van der Waals surface area (Å²) >= 11 is 7.48. The molecule has 0 aliphatic carbocycles. The predicted octanol–water partition coefficient (Wildman–Crippen LogP) is 3.37. The second-order valence-corrected chi connectivity index (χ2v) is 3.79. The van der Waals surface area contributed by atoms with Gasteiger partial charge in [-0.3, -0.25) is 4.98 Å². The Hall–Kier alpha value is -0.170. The fraction of sp³-hybridized carbons (Fsp3) is 0.375. The van der Waals surface area contributed by atoms with Gasteiger partial charge >= 0.3 is 0 Å². The average Bonchev–Trinajstić information content (AvgIpc) is 2.17. The molecular formula is C8H7ClF2INO. The van der Waals surface area contributed by atoms with Crippen molar-refractivity contribution >= 4 is 34.2 Å². The number of ether oxygens (including phenoxy) is 1. The van der Waals surface area contributed by atoms with Crippen LogP contribution >= 0.6 is 34.2 Å². The summed E-state index contributed by atoms with van der Waals surface area (Å²) in [4.78, 5) is 3.83. The summed E-state index contributed by atoms with van der Waals surface area (Å²) in [5, 5.41) is 0. The van der Waals surface area contributed by atoms with E-state index < -0.39 is 6.43 Å². The first-order chi connectivity index (χ1) is 6.61. The van der Waals surface area contributed by atoms with E-state index in [1.165, 1.54) is 7.11 Å². The fourth-order valence-electron chi connectivity index (χ4n) is 0.977. The van der Waals surface area contributed by atoms with Crippen LogP contribution in [0.1, 0.15) is 17.7 Å². The molecule has 0 bridgehead atoms. The molecule has 0 saturated heterocycles. The average molecular weight is 334 g/mol. The van der Waals surface area contributed by atoms with Gasteiger partial charge in [-0.15, -0.1) is 11.6 Å². The molecule has 0 radical (unpaired) electrons. The number of aromatic nitrogens is 1. The summed E-state index contributed by atoms with van der Waals surface area (Å²) in [5.41, 5.74) is 0.347. The first-order valence-electron chi connectivity index (χ1n) is 3.67. The Labute approximate surface area is 98.8 Å². The van der Waals surface area contributed by atoms with Gasteiger partial charge in [0.15, 0.2) is 0 Å². The number of nitrogens with zero attached hydrogens (tertiary/aromatic N) is 1. The standard InChI is InChI=1S/C8H7ClF2INO/c1-14-7-4(8(10)11)3-13-5(2-9)6(7)12/h3,8H,2H2,1H3. The molecule has 2 nitrogen and oxygen atoms in total. The SMILES string of the molecule is COc1c(C(F)F)cnc(CCl)c1I. The third kappa shape index (κ3) is 2.25. The van der Waals surface area contributed by atoms with E-state index in [1.54, 1.807) is 0 Å². The fourth-order valence-corrected chi connectivity index (χ4v) is 2.27. The molecular weight excluding hydrogens is 326 g/mol. The highest BCUT2D eigenvalue weighted by atomic mass is 127. The van der Waals surface area contributed by atoms with Crippen LogP contribution < -0.4 is 4.74 Å². The molecule has 0 aromatic carbocycles. The molecule has 0 aliphatic heterocycles. The minimum absolute atomic E-state index is 0.159. The number of pyridine rings is 1. The van der Waals surface area contributed by atoms with Crippen molar-refractivity contribution in [3.8, 4) is 5.75 Å². The van der Waals surface area contributed by atoms with E-state index in [4.69, 9.17) is 16.3 Å². The summed E-state index contributed by atoms with van der Waals surface area (Å²) < 4.78 is 30.4. The maximum atomic E-state index is 12.5. The third-order valence-corrected chi connectivity index (χ3v) is 3.01. The predicted molar refractivity (Wildman–Crippen MR) is 58.0 cm³/mol. The van der Waals surface area contributed by atoms with Gasteiger partial charge in [-0.1, -0.05) is 0 Å². The van der Waals surface area contributed by atoms with E-state index in [0.29, 0.717) is 9.26 Å². The van der Waals surface area contributed by atoms with Crippen molar-refractivity contribution in [2.75, 3.05) is 7.11 Å². The van der Waals surface area contributed by atoms with Crippen molar-refractivity contribution in [2.45, 2.75) is 12.3 Å². The lowest BCUT2D eigenvalue weighted by molar-refractivity contribution is 0.146. The lowest BCUT2D eigenvalue weighted by atomic mass is 10.2. The Balaban J connectivity index is 3.28. The highest BCUT2D eigenvalue weighted by Crippen LogP contribution is 2.33. The molecule has 78 valence electrons. The maximum Gasteiger partial charge on any atom is 0.268 e. The van der Waals surface area contributed by atoms with Gasteiger partial charge in [0.1, 0.15) is 5.75 Å². The summed E-state index contributed by atoms with van der Waals surface area (Å²) in [6.07, 6.45) is -1.49. The minimum Gasteiger partial charge on any atom is -0.495 e. The van der Waals surface area contributed by atoms with Crippen molar-refractivity contribution in [3.63, 3.8) is 0 Å². The largest absolute Gasteiger partial charge is 0.495 e. The Morgan fingerprint density at radius 3 is 2.71 bits per heavy atom. The lowest BCUT2D eigenvalue weighted by Gasteiger charge is -2.11. The lowest BCUT2D eigenvalue weighted by Crippen LogP contribution is -2.01. The summed E-state index contributed by atoms with van der Waals surface area (Å²) in [5.74, 6) is 0.337. The van der Waals surface area contributed by atoms with Crippen molar-refractivity contribution in [1.82, 2.24) is 4.98 Å². The van der Waals surface area contributed by atoms with Crippen molar-refractivity contribution < 1.29 is 13.5 Å². The highest BCUT2D eigenvalue weighted by Gasteiger charge is 2.19. The van der Waals surface area contributed by atoms with Crippen LogP contribution in [0.15, 0.2) is 6.20 Å². The van der Waals surface area contributed by atoms with Crippen LogP contribution in [0.4, 0.5) is 8.78 Å². The molecule has 0 unspecified atom stereocenters. The minimum atomic E-state index is -2.59. The number of alkyl halides is 3. The monoisotopic (exact) mass is 333 g/mol. The molecule has 1 aromatic heterocycles. The number of methoxy groups -OCH3 is 1. The zero-order valence-corrected chi connectivity index (χ0v) is 10.1. The molecule has 14 heavy (non-hydrogen) atoms. The Bertz CT molecular complexity index is 335. The number of halogens is 4. The van der Waals surface area contributed by atoms with Crippen LogP contribution in [-0.2, 0) is 5.88 Å². The molecule has 1 rings (SSSR count). The molecule has 0 aliphatic rings. The van der Waals surface area contributed by atoms with E-state index in [2.05, 4.69) is 4.98 Å². The van der Waals surface area contributed by atoms with Crippen LogP contribution in [0.2, 0.25) is 0 Å². The molecule has 0 amide bonds. The molecule has 0 N–H and O–H groups in total. The van der Waals surface area contributed by atoms with Gasteiger partial charge in [-0.05, 0) is 22.6 Å². The van der Waals surface area contributed by atoms with Gasteiger partial charge in [0.2, 0.25) is 0 Å². The van der Waals surface area contributed by atoms with Gasteiger partial charge < -0.3 is 4.74 Å². The summed E-state index contributed by atoms with van der Waals surface area (Å²) in [6, 6.07) is 0. The van der Waals surface area contributed by atoms with E-state index in [9.17, 15) is 8.78 Å². The van der Waals surface area contributed by atoms with Crippen molar-refractivity contribution in [1.29, 1.82) is 0 Å². The van der Waals surface area contributed by atoms with E-state index in [0.717, 1.165) is 6.20 Å². The molecule has 1 aromatic rings. The zero-order chi connectivity index (χ0) is 10.7. The van der Waals surface area contributed by atoms with Crippen LogP contribution in [-0.4, -0.2) is 12.1 Å². The van der Waals surface area contributed by atoms with Crippen molar-refractivity contribution in [3.05, 3.63) is 21.0 Å². The summed E-state index contributed by atoms with van der Waals surface area (Å²) in [6.45, 7) is 0. The van der Waals surface area contributed by atoms with Crippen molar-refractivity contribution in [2.24, 2.45) is 0 Å². The van der Waals surface area contributed by atoms with E-state index in [-0.39, 0.29) is 17.2 Å². The first-order valence-corrected chi connectivity index (χ1v) is 5.28. The number of rotatable bonds is 3. The molecule has 6 heteroatoms. The van der Waals surface area contributed by atoms with Gasteiger partial charge in [0, 0.05) is 6.20 Å². The zero-order valence-electron chi connectivity index (χ0n) is 7.23. The number of hydrogen-bond donors (Lipinski definition) is 0. The van der Waals surface area contributed by atoms with Crippen LogP contribution in [0.25, 0.3) is 0 Å². The topological polar surface area (TPSA) is 22.1 Å². The normalized spacial score (nSPS) is 10.7. The smallest absolute Gasteiger partial charge is 0.268 e. The Morgan fingerprint density at radius 1 is 1.64 bits per heavy atom. The first kappa shape index (κ1) is 11.9. The van der Waals surface area contributed by atoms with E-state index >= 15 is 0 Å². The molecule has 0 fully saturated rings. The van der Waals surface area contributed by atoms with Crippen LogP contribution in [0.5, 0.6) is 5.75 Å². The third-order valence-electron chi connectivity index (χ3n) is 1.64.